The molecule has 0 unspecified atom stereocenters. The Morgan fingerprint density at radius 2 is 1.95 bits per heavy atom. The number of nitrogens with zero attached hydrogens (tertiary/aromatic N) is 1. The van der Waals surface area contributed by atoms with Gasteiger partial charge < -0.3 is 15.2 Å². The van der Waals surface area contributed by atoms with Crippen molar-refractivity contribution in [3.63, 3.8) is 0 Å². The fraction of sp³-hybridized carbons (Fsp3) is 0.417. The molecule has 8 heteroatoms. The average molecular weight is 300 g/mol. The van der Waals surface area contributed by atoms with Crippen molar-refractivity contribution in [2.24, 2.45) is 5.73 Å². The van der Waals surface area contributed by atoms with Crippen LogP contribution in [0.15, 0.2) is 23.1 Å². The number of hydrogen-bond acceptors (Lipinski definition) is 5. The van der Waals surface area contributed by atoms with Crippen LogP contribution >= 0.6 is 0 Å². The third kappa shape index (κ3) is 3.02. The molecular weight excluding hydrogens is 284 g/mol. The summed E-state index contributed by atoms with van der Waals surface area (Å²) in [6.07, 6.45) is 0.734. The second kappa shape index (κ2) is 5.68. The second-order valence-electron chi connectivity index (χ2n) is 4.39. The summed E-state index contributed by atoms with van der Waals surface area (Å²) in [6, 6.07) is 4.36. The number of amides is 1. The number of carbonyl (C=O) groups is 1. The highest BCUT2D eigenvalue weighted by Crippen LogP contribution is 2.32. The third-order valence-electron chi connectivity index (χ3n) is 2.81. The minimum absolute atomic E-state index is 0.0329. The Bertz CT molecular complexity index is 614. The van der Waals surface area contributed by atoms with Gasteiger partial charge in [-0.1, -0.05) is 0 Å². The zero-order valence-corrected chi connectivity index (χ0v) is 11.9. The van der Waals surface area contributed by atoms with Gasteiger partial charge in [-0.05, 0) is 12.1 Å². The lowest BCUT2D eigenvalue weighted by Crippen LogP contribution is -2.35. The Kier molecular flexibility index (Phi) is 4.15. The van der Waals surface area contributed by atoms with Crippen molar-refractivity contribution < 1.29 is 22.7 Å². The molecule has 0 saturated heterocycles. The van der Waals surface area contributed by atoms with Gasteiger partial charge in [0, 0.05) is 19.5 Å². The van der Waals surface area contributed by atoms with E-state index in [-0.39, 0.29) is 11.4 Å². The number of fused-ring (bicyclic) bond motifs is 1. The molecule has 2 rings (SSSR count). The number of rotatable bonds is 4. The Hall–Kier alpha value is -1.80. The van der Waals surface area contributed by atoms with Crippen molar-refractivity contribution in [3.05, 3.63) is 18.2 Å². The Morgan fingerprint density at radius 1 is 1.30 bits per heavy atom. The van der Waals surface area contributed by atoms with E-state index in [1.807, 2.05) is 0 Å². The number of ether oxygens (including phenoxy) is 2. The Labute approximate surface area is 117 Å². The molecule has 0 bridgehead atoms. The number of primary amides is 1. The van der Waals surface area contributed by atoms with E-state index >= 15 is 0 Å². The summed E-state index contributed by atoms with van der Waals surface area (Å²) in [7, 11) is -2.49. The maximum Gasteiger partial charge on any atom is 0.243 e. The van der Waals surface area contributed by atoms with Gasteiger partial charge in [0.15, 0.2) is 11.5 Å². The molecule has 1 heterocycles. The lowest BCUT2D eigenvalue weighted by atomic mass is 10.3. The molecule has 0 radical (unpaired) electrons. The fourth-order valence-corrected chi connectivity index (χ4v) is 2.94. The van der Waals surface area contributed by atoms with Crippen LogP contribution in [-0.4, -0.2) is 45.4 Å². The first-order valence-electron chi connectivity index (χ1n) is 6.05. The summed E-state index contributed by atoms with van der Waals surface area (Å²) in [5.74, 6) is 0.181. The maximum atomic E-state index is 12.3. The number of sulfonamides is 1. The number of hydrogen-bond donors (Lipinski definition) is 1. The van der Waals surface area contributed by atoms with Crippen LogP contribution in [0.1, 0.15) is 6.42 Å². The summed E-state index contributed by atoms with van der Waals surface area (Å²) >= 11 is 0. The summed E-state index contributed by atoms with van der Waals surface area (Å²) in [4.78, 5) is 10.9. The van der Waals surface area contributed by atoms with Crippen molar-refractivity contribution in [1.82, 2.24) is 4.31 Å². The Balaban J connectivity index is 2.33. The van der Waals surface area contributed by atoms with Crippen LogP contribution in [0.2, 0.25) is 0 Å². The normalized spacial score (nSPS) is 14.9. The van der Waals surface area contributed by atoms with Gasteiger partial charge in [-0.3, -0.25) is 4.79 Å². The SMILES string of the molecule is CN(CC(N)=O)S(=O)(=O)c1ccc2c(c1)OCCCO2. The zero-order valence-electron chi connectivity index (χ0n) is 11.0. The zero-order chi connectivity index (χ0) is 14.8. The highest BCUT2D eigenvalue weighted by Gasteiger charge is 2.24. The lowest BCUT2D eigenvalue weighted by molar-refractivity contribution is -0.118. The van der Waals surface area contributed by atoms with Crippen molar-refractivity contribution in [2.45, 2.75) is 11.3 Å². The molecule has 1 amide bonds. The molecule has 7 nitrogen and oxygen atoms in total. The Morgan fingerprint density at radius 3 is 2.60 bits per heavy atom. The molecule has 1 aromatic rings. The molecule has 0 fully saturated rings. The average Bonchev–Trinajstić information content (AvgIpc) is 2.61. The molecule has 2 N–H and O–H groups in total. The van der Waals surface area contributed by atoms with Gasteiger partial charge in [0.1, 0.15) is 0 Å². The van der Waals surface area contributed by atoms with Gasteiger partial charge >= 0.3 is 0 Å². The number of nitrogens with two attached hydrogens (primary N) is 1. The predicted molar refractivity (Wildman–Crippen MR) is 71.1 cm³/mol. The second-order valence-corrected chi connectivity index (χ2v) is 6.43. The first-order chi connectivity index (χ1) is 9.41. The van der Waals surface area contributed by atoms with E-state index in [0.717, 1.165) is 10.7 Å². The van der Waals surface area contributed by atoms with E-state index in [4.69, 9.17) is 15.2 Å². The van der Waals surface area contributed by atoms with E-state index in [1.165, 1.54) is 19.2 Å². The quantitative estimate of drug-likeness (QED) is 0.840. The molecule has 1 aromatic carbocycles. The summed E-state index contributed by atoms with van der Waals surface area (Å²) in [5.41, 5.74) is 5.01. The lowest BCUT2D eigenvalue weighted by Gasteiger charge is -2.16. The minimum Gasteiger partial charge on any atom is -0.490 e. The first-order valence-corrected chi connectivity index (χ1v) is 7.49. The van der Waals surface area contributed by atoms with Gasteiger partial charge in [-0.25, -0.2) is 8.42 Å². The van der Waals surface area contributed by atoms with Crippen molar-refractivity contribution in [2.75, 3.05) is 26.8 Å². The van der Waals surface area contributed by atoms with Gasteiger partial charge in [0.05, 0.1) is 24.7 Å². The van der Waals surface area contributed by atoms with Gasteiger partial charge in [-0.2, -0.15) is 4.31 Å². The van der Waals surface area contributed by atoms with Crippen molar-refractivity contribution in [1.29, 1.82) is 0 Å². The molecule has 0 saturated carbocycles. The monoisotopic (exact) mass is 300 g/mol. The third-order valence-corrected chi connectivity index (χ3v) is 4.61. The molecule has 0 aromatic heterocycles. The standard InChI is InChI=1S/C12H16N2O5S/c1-14(8-12(13)15)20(16,17)9-3-4-10-11(7-9)19-6-2-5-18-10/h3-4,7H,2,5-6,8H2,1H3,(H2,13,15). The van der Waals surface area contributed by atoms with Crippen LogP contribution in [-0.2, 0) is 14.8 Å². The van der Waals surface area contributed by atoms with Crippen LogP contribution in [0.4, 0.5) is 0 Å². The molecular formula is C12H16N2O5S. The van der Waals surface area contributed by atoms with Crippen LogP contribution in [0, 0.1) is 0 Å². The fourth-order valence-electron chi connectivity index (χ4n) is 1.79. The van der Waals surface area contributed by atoms with Gasteiger partial charge in [0.2, 0.25) is 15.9 Å². The van der Waals surface area contributed by atoms with E-state index in [2.05, 4.69) is 0 Å². The number of carbonyl (C=O) groups excluding carboxylic acids is 1. The van der Waals surface area contributed by atoms with Crippen LogP contribution in [0.25, 0.3) is 0 Å². The van der Waals surface area contributed by atoms with E-state index in [0.29, 0.717) is 24.7 Å². The number of benzene rings is 1. The highest BCUT2D eigenvalue weighted by atomic mass is 32.2. The summed E-state index contributed by atoms with van der Waals surface area (Å²) < 4.78 is 36.3. The summed E-state index contributed by atoms with van der Waals surface area (Å²) in [5, 5.41) is 0. The molecule has 0 aliphatic carbocycles. The molecule has 20 heavy (non-hydrogen) atoms. The van der Waals surface area contributed by atoms with Crippen LogP contribution in [0.5, 0.6) is 11.5 Å². The smallest absolute Gasteiger partial charge is 0.243 e. The van der Waals surface area contributed by atoms with E-state index < -0.39 is 15.9 Å². The topological polar surface area (TPSA) is 98.9 Å². The molecule has 0 spiro atoms. The number of likely N-dealkylation sites (N-methyl/N-ethyl adjacent to an activating group) is 1. The van der Waals surface area contributed by atoms with Gasteiger partial charge in [0.25, 0.3) is 0 Å². The first kappa shape index (κ1) is 14.6. The molecule has 1 aliphatic heterocycles. The predicted octanol–water partition coefficient (Wildman–Crippen LogP) is -0.0463. The van der Waals surface area contributed by atoms with Crippen LogP contribution < -0.4 is 15.2 Å². The summed E-state index contributed by atoms with van der Waals surface area (Å²) in [6.45, 7) is 0.616. The molecule has 1 aliphatic rings. The highest BCUT2D eigenvalue weighted by molar-refractivity contribution is 7.89. The minimum atomic E-state index is -3.78. The molecule has 0 atom stereocenters. The largest absolute Gasteiger partial charge is 0.490 e. The van der Waals surface area contributed by atoms with E-state index in [9.17, 15) is 13.2 Å². The van der Waals surface area contributed by atoms with Crippen LogP contribution in [0.3, 0.4) is 0 Å². The van der Waals surface area contributed by atoms with Gasteiger partial charge in [-0.15, -0.1) is 0 Å². The van der Waals surface area contributed by atoms with E-state index in [1.54, 1.807) is 6.07 Å². The van der Waals surface area contributed by atoms with Crippen molar-refractivity contribution in [3.8, 4) is 11.5 Å². The molecule has 110 valence electrons. The maximum absolute atomic E-state index is 12.3. The van der Waals surface area contributed by atoms with Crippen molar-refractivity contribution >= 4 is 15.9 Å².